The topological polar surface area (TPSA) is 125 Å². The van der Waals surface area contributed by atoms with Crippen molar-refractivity contribution in [3.63, 3.8) is 0 Å². The van der Waals surface area contributed by atoms with Crippen LogP contribution < -0.4 is 10.6 Å². The fourth-order valence-corrected chi connectivity index (χ4v) is 3.89. The highest BCUT2D eigenvalue weighted by atomic mass is 16.5. The molecule has 2 unspecified atom stereocenters. The molecule has 0 fully saturated rings. The molecule has 32 heavy (non-hydrogen) atoms. The smallest absolute Gasteiger partial charge is 0.407 e. The van der Waals surface area contributed by atoms with Gasteiger partial charge < -0.3 is 25.6 Å². The molecule has 2 atom stereocenters. The molecule has 0 radical (unpaired) electrons. The first kappa shape index (κ1) is 23.3. The number of aliphatic hydroxyl groups excluding tert-OH is 1. The summed E-state index contributed by atoms with van der Waals surface area (Å²) in [4.78, 5) is 35.4. The van der Waals surface area contributed by atoms with E-state index < -0.39 is 36.5 Å². The molecule has 1 aliphatic rings. The third kappa shape index (κ3) is 5.26. The van der Waals surface area contributed by atoms with Gasteiger partial charge in [-0.3, -0.25) is 4.79 Å². The van der Waals surface area contributed by atoms with Crippen molar-refractivity contribution in [3.8, 4) is 11.1 Å². The number of carbonyl (C=O) groups excluding carboxylic acids is 2. The van der Waals surface area contributed by atoms with Crippen molar-refractivity contribution in [1.29, 1.82) is 0 Å². The molecule has 4 N–H and O–H groups in total. The molecule has 0 heterocycles. The molecule has 8 nitrogen and oxygen atoms in total. The van der Waals surface area contributed by atoms with E-state index >= 15 is 0 Å². The van der Waals surface area contributed by atoms with Crippen LogP contribution in [0.5, 0.6) is 0 Å². The van der Waals surface area contributed by atoms with Crippen LogP contribution in [0.2, 0.25) is 0 Å². The molecule has 0 aromatic heterocycles. The molecular formula is C24H28N2O6. The van der Waals surface area contributed by atoms with Crippen LogP contribution in [0.1, 0.15) is 30.9 Å². The molecule has 2 amide bonds. The summed E-state index contributed by atoms with van der Waals surface area (Å²) in [6.45, 7) is 3.43. The van der Waals surface area contributed by atoms with Gasteiger partial charge >= 0.3 is 12.1 Å². The Labute approximate surface area is 186 Å². The Morgan fingerprint density at radius 2 is 1.50 bits per heavy atom. The predicted octanol–water partition coefficient (Wildman–Crippen LogP) is 2.36. The average molecular weight is 440 g/mol. The Morgan fingerprint density at radius 1 is 0.938 bits per heavy atom. The van der Waals surface area contributed by atoms with Crippen LogP contribution in [0.25, 0.3) is 11.1 Å². The second kappa shape index (κ2) is 10.3. The number of aliphatic hydroxyl groups is 1. The van der Waals surface area contributed by atoms with Gasteiger partial charge in [0.2, 0.25) is 5.91 Å². The van der Waals surface area contributed by atoms with E-state index in [0.717, 1.165) is 22.3 Å². The van der Waals surface area contributed by atoms with Gasteiger partial charge in [0.1, 0.15) is 6.61 Å². The van der Waals surface area contributed by atoms with Crippen LogP contribution in [0.3, 0.4) is 0 Å². The largest absolute Gasteiger partial charge is 0.479 e. The van der Waals surface area contributed by atoms with Gasteiger partial charge in [0.05, 0.1) is 12.5 Å². The summed E-state index contributed by atoms with van der Waals surface area (Å²) in [6, 6.07) is 16.1. The van der Waals surface area contributed by atoms with E-state index in [1.807, 2.05) is 50.2 Å². The van der Waals surface area contributed by atoms with E-state index in [0.29, 0.717) is 0 Å². The maximum atomic E-state index is 12.4. The quantitative estimate of drug-likeness (QED) is 0.474. The van der Waals surface area contributed by atoms with E-state index in [1.54, 1.807) is 0 Å². The van der Waals surface area contributed by atoms with E-state index in [-0.39, 0.29) is 25.0 Å². The highest BCUT2D eigenvalue weighted by Gasteiger charge is 2.29. The van der Waals surface area contributed by atoms with Crippen LogP contribution in [0.15, 0.2) is 48.5 Å². The van der Waals surface area contributed by atoms with Crippen molar-refractivity contribution in [2.45, 2.75) is 25.9 Å². The Kier molecular flexibility index (Phi) is 7.48. The maximum Gasteiger partial charge on any atom is 0.407 e. The van der Waals surface area contributed by atoms with Crippen LogP contribution in [-0.2, 0) is 14.3 Å². The summed E-state index contributed by atoms with van der Waals surface area (Å²) in [5, 5.41) is 23.1. The van der Waals surface area contributed by atoms with Crippen molar-refractivity contribution in [1.82, 2.24) is 10.6 Å². The highest BCUT2D eigenvalue weighted by Crippen LogP contribution is 2.44. The minimum absolute atomic E-state index is 0.0311. The monoisotopic (exact) mass is 440 g/mol. The summed E-state index contributed by atoms with van der Waals surface area (Å²) in [5.74, 6) is -2.64. The first-order valence-corrected chi connectivity index (χ1v) is 10.6. The number of rotatable bonds is 9. The first-order chi connectivity index (χ1) is 15.3. The van der Waals surface area contributed by atoms with Crippen molar-refractivity contribution >= 4 is 18.0 Å². The lowest BCUT2D eigenvalue weighted by atomic mass is 9.95. The minimum Gasteiger partial charge on any atom is -0.479 e. The molecule has 1 aliphatic carbocycles. The number of hydrogen-bond acceptors (Lipinski definition) is 5. The molecular weight excluding hydrogens is 412 g/mol. The number of fused-ring (bicyclic) bond motifs is 3. The molecule has 2 aromatic carbocycles. The SMILES string of the molecule is CC(C)C(CNC(=O)OCC1c2ccccc2-c2ccccc21)C(=O)NCC(O)C(=O)O. The van der Waals surface area contributed by atoms with Gasteiger partial charge in [-0.2, -0.15) is 0 Å². The number of carboxylic acid groups (broad SMARTS) is 1. The van der Waals surface area contributed by atoms with E-state index in [9.17, 15) is 19.5 Å². The lowest BCUT2D eigenvalue weighted by Gasteiger charge is -2.21. The van der Waals surface area contributed by atoms with Crippen molar-refractivity contribution < 1.29 is 29.3 Å². The fourth-order valence-electron chi connectivity index (χ4n) is 3.89. The summed E-state index contributed by atoms with van der Waals surface area (Å²) < 4.78 is 5.48. The lowest BCUT2D eigenvalue weighted by Crippen LogP contribution is -2.44. The lowest BCUT2D eigenvalue weighted by molar-refractivity contribution is -0.146. The zero-order valence-corrected chi connectivity index (χ0v) is 18.1. The minimum atomic E-state index is -1.68. The predicted molar refractivity (Wildman–Crippen MR) is 118 cm³/mol. The van der Waals surface area contributed by atoms with Crippen molar-refractivity contribution in [2.24, 2.45) is 11.8 Å². The summed E-state index contributed by atoms with van der Waals surface area (Å²) >= 11 is 0. The fraction of sp³-hybridized carbons (Fsp3) is 0.375. The van der Waals surface area contributed by atoms with Gasteiger partial charge in [-0.25, -0.2) is 9.59 Å². The molecule has 0 saturated carbocycles. The Hall–Kier alpha value is -3.39. The molecule has 8 heteroatoms. The molecule has 2 aromatic rings. The number of carboxylic acids is 1. The zero-order chi connectivity index (χ0) is 23.3. The standard InChI is InChI=1S/C24H28N2O6/c1-14(2)19(22(28)25-12-21(27)23(29)30)11-26-24(31)32-13-20-17-9-5-3-7-15(17)16-8-4-6-10-18(16)20/h3-10,14,19-21,27H,11-13H2,1-2H3,(H,25,28)(H,26,31)(H,29,30). The Bertz CT molecular complexity index is 944. The van der Waals surface area contributed by atoms with Crippen LogP contribution >= 0.6 is 0 Å². The van der Waals surface area contributed by atoms with Crippen LogP contribution in [0.4, 0.5) is 4.79 Å². The van der Waals surface area contributed by atoms with Gasteiger partial charge in [0.15, 0.2) is 6.10 Å². The van der Waals surface area contributed by atoms with E-state index in [4.69, 9.17) is 9.84 Å². The number of nitrogens with one attached hydrogen (secondary N) is 2. The number of amides is 2. The highest BCUT2D eigenvalue weighted by molar-refractivity contribution is 5.81. The van der Waals surface area contributed by atoms with Crippen LogP contribution in [-0.4, -0.2) is 54.0 Å². The van der Waals surface area contributed by atoms with Gasteiger partial charge in [0, 0.05) is 12.5 Å². The zero-order valence-electron chi connectivity index (χ0n) is 18.1. The normalized spacial score (nSPS) is 14.2. The second-order valence-corrected chi connectivity index (χ2v) is 8.16. The number of benzene rings is 2. The Morgan fingerprint density at radius 3 is 2.03 bits per heavy atom. The maximum absolute atomic E-state index is 12.4. The molecule has 0 spiro atoms. The van der Waals surface area contributed by atoms with Gasteiger partial charge in [-0.05, 0) is 28.2 Å². The molecule has 0 bridgehead atoms. The number of alkyl carbamates (subject to hydrolysis) is 1. The van der Waals surface area contributed by atoms with Crippen molar-refractivity contribution in [2.75, 3.05) is 19.7 Å². The number of hydrogen-bond donors (Lipinski definition) is 4. The second-order valence-electron chi connectivity index (χ2n) is 8.16. The molecule has 3 rings (SSSR count). The number of carbonyl (C=O) groups is 3. The van der Waals surface area contributed by atoms with E-state index in [2.05, 4.69) is 22.8 Å². The number of aliphatic carboxylic acids is 1. The molecule has 0 saturated heterocycles. The van der Waals surface area contributed by atoms with E-state index in [1.165, 1.54) is 0 Å². The molecule has 170 valence electrons. The van der Waals surface area contributed by atoms with Gasteiger partial charge in [-0.15, -0.1) is 0 Å². The van der Waals surface area contributed by atoms with Crippen LogP contribution in [0, 0.1) is 11.8 Å². The average Bonchev–Trinajstić information content (AvgIpc) is 3.09. The third-order valence-corrected chi connectivity index (χ3v) is 5.71. The molecule has 0 aliphatic heterocycles. The van der Waals surface area contributed by atoms with Gasteiger partial charge in [0.25, 0.3) is 0 Å². The Balaban J connectivity index is 1.55. The van der Waals surface area contributed by atoms with Gasteiger partial charge in [-0.1, -0.05) is 62.4 Å². The third-order valence-electron chi connectivity index (χ3n) is 5.71. The summed E-state index contributed by atoms with van der Waals surface area (Å²) in [6.07, 6.45) is -2.31. The summed E-state index contributed by atoms with van der Waals surface area (Å²) in [5.41, 5.74) is 4.49. The first-order valence-electron chi connectivity index (χ1n) is 10.6. The summed E-state index contributed by atoms with van der Waals surface area (Å²) in [7, 11) is 0. The van der Waals surface area contributed by atoms with Crippen molar-refractivity contribution in [3.05, 3.63) is 59.7 Å². The number of ether oxygens (including phenoxy) is 1.